The topological polar surface area (TPSA) is 0 Å². The van der Waals surface area contributed by atoms with Crippen LogP contribution in [-0.4, -0.2) is 0 Å². The van der Waals surface area contributed by atoms with E-state index in [1.165, 1.54) is 85.9 Å². The molecule has 1 aromatic heterocycles. The molecule has 0 saturated heterocycles. The van der Waals surface area contributed by atoms with E-state index in [0.717, 1.165) is 0 Å². The van der Waals surface area contributed by atoms with Gasteiger partial charge in [0.05, 0.1) is 0 Å². The van der Waals surface area contributed by atoms with Crippen molar-refractivity contribution in [2.24, 2.45) is 0 Å². The Labute approximate surface area is 254 Å². The van der Waals surface area contributed by atoms with Crippen LogP contribution >= 0.6 is 11.3 Å². The summed E-state index contributed by atoms with van der Waals surface area (Å²) >= 11 is 1.89. The molecule has 0 spiro atoms. The SMILES string of the molecule is c1ccc(-c2c3ccccc3c(-c3ccc(-c4cccc5sc6ccc7ccccc7c6c45)cc3)c3ccccc23)cc1. The van der Waals surface area contributed by atoms with Crippen LogP contribution in [0, 0.1) is 0 Å². The molecule has 0 atom stereocenters. The van der Waals surface area contributed by atoms with Crippen molar-refractivity contribution in [2.45, 2.75) is 0 Å². The second-order valence-corrected chi connectivity index (χ2v) is 12.3. The van der Waals surface area contributed by atoms with Gasteiger partial charge in [0.15, 0.2) is 0 Å². The Morgan fingerprint density at radius 3 is 1.47 bits per heavy atom. The summed E-state index contributed by atoms with van der Waals surface area (Å²) in [5.41, 5.74) is 7.62. The number of hydrogen-bond acceptors (Lipinski definition) is 1. The van der Waals surface area contributed by atoms with Crippen LogP contribution in [0.25, 0.3) is 85.9 Å². The fourth-order valence-electron chi connectivity index (χ4n) is 7.00. The minimum Gasteiger partial charge on any atom is -0.135 e. The molecule has 0 aliphatic carbocycles. The van der Waals surface area contributed by atoms with Crippen molar-refractivity contribution in [1.29, 1.82) is 0 Å². The summed E-state index contributed by atoms with van der Waals surface area (Å²) in [4.78, 5) is 0. The van der Waals surface area contributed by atoms with E-state index < -0.39 is 0 Å². The standard InChI is InChI=1S/C42H26S/c1-2-12-29(13-3-1)39-33-15-6-8-17-35(33)40(36-18-9-7-16-34(36)39)30-23-21-28(22-24-30)32-19-10-20-37-41(32)42-31-14-5-4-11-27(31)25-26-38(42)43-37/h1-26H. The van der Waals surface area contributed by atoms with Crippen molar-refractivity contribution < 1.29 is 0 Å². The van der Waals surface area contributed by atoms with Gasteiger partial charge in [0.25, 0.3) is 0 Å². The lowest BCUT2D eigenvalue weighted by Gasteiger charge is -2.18. The highest BCUT2D eigenvalue weighted by atomic mass is 32.1. The summed E-state index contributed by atoms with van der Waals surface area (Å²) in [6.45, 7) is 0. The first-order valence-corrected chi connectivity index (χ1v) is 15.6. The van der Waals surface area contributed by atoms with E-state index in [1.54, 1.807) is 0 Å². The van der Waals surface area contributed by atoms with Crippen molar-refractivity contribution in [3.05, 3.63) is 158 Å². The lowest BCUT2D eigenvalue weighted by Crippen LogP contribution is -1.90. The molecule has 9 aromatic rings. The van der Waals surface area contributed by atoms with Crippen molar-refractivity contribution in [3.8, 4) is 33.4 Å². The molecular weight excluding hydrogens is 537 g/mol. The molecule has 0 amide bonds. The molecule has 9 rings (SSSR count). The molecular formula is C42H26S. The van der Waals surface area contributed by atoms with Crippen molar-refractivity contribution >= 4 is 63.8 Å². The molecule has 0 saturated carbocycles. The van der Waals surface area contributed by atoms with Gasteiger partial charge in [-0.25, -0.2) is 0 Å². The zero-order chi connectivity index (χ0) is 28.3. The Bertz CT molecular complexity index is 2420. The summed E-state index contributed by atoms with van der Waals surface area (Å²) in [6.07, 6.45) is 0. The second-order valence-electron chi connectivity index (χ2n) is 11.2. The van der Waals surface area contributed by atoms with E-state index in [-0.39, 0.29) is 0 Å². The normalized spacial score (nSPS) is 11.7. The number of hydrogen-bond donors (Lipinski definition) is 0. The molecule has 0 unspecified atom stereocenters. The summed E-state index contributed by atoms with van der Waals surface area (Å²) in [5.74, 6) is 0. The van der Waals surface area contributed by atoms with E-state index in [9.17, 15) is 0 Å². The third-order valence-electron chi connectivity index (χ3n) is 8.87. The molecule has 0 N–H and O–H groups in total. The first kappa shape index (κ1) is 24.4. The average Bonchev–Trinajstić information content (AvgIpc) is 3.47. The Hall–Kier alpha value is -5.24. The average molecular weight is 563 g/mol. The summed E-state index contributed by atoms with van der Waals surface area (Å²) in [5, 5.41) is 10.5. The van der Waals surface area contributed by atoms with Gasteiger partial charge >= 0.3 is 0 Å². The number of fused-ring (bicyclic) bond motifs is 7. The largest absolute Gasteiger partial charge is 0.135 e. The predicted octanol–water partition coefficient (Wildman–Crippen LogP) is 12.5. The van der Waals surface area contributed by atoms with E-state index >= 15 is 0 Å². The van der Waals surface area contributed by atoms with Crippen LogP contribution in [0.2, 0.25) is 0 Å². The van der Waals surface area contributed by atoms with Gasteiger partial charge in [0.1, 0.15) is 0 Å². The third-order valence-corrected chi connectivity index (χ3v) is 9.99. The zero-order valence-corrected chi connectivity index (χ0v) is 24.2. The van der Waals surface area contributed by atoms with Crippen molar-refractivity contribution in [2.75, 3.05) is 0 Å². The van der Waals surface area contributed by atoms with Crippen LogP contribution in [-0.2, 0) is 0 Å². The number of thiophene rings is 1. The highest BCUT2D eigenvalue weighted by Crippen LogP contribution is 2.46. The predicted molar refractivity (Wildman–Crippen MR) is 188 cm³/mol. The van der Waals surface area contributed by atoms with Crippen LogP contribution in [0.15, 0.2) is 158 Å². The van der Waals surface area contributed by atoms with Crippen molar-refractivity contribution in [3.63, 3.8) is 0 Å². The summed E-state index contributed by atoms with van der Waals surface area (Å²) in [7, 11) is 0. The van der Waals surface area contributed by atoms with Crippen LogP contribution in [0.5, 0.6) is 0 Å². The maximum Gasteiger partial charge on any atom is 0.0362 e. The van der Waals surface area contributed by atoms with E-state index in [4.69, 9.17) is 0 Å². The maximum absolute atomic E-state index is 2.32. The van der Waals surface area contributed by atoms with E-state index in [0.29, 0.717) is 0 Å². The number of rotatable bonds is 3. The Morgan fingerprint density at radius 2 is 0.814 bits per heavy atom. The molecule has 1 heterocycles. The maximum atomic E-state index is 2.32. The first-order chi connectivity index (χ1) is 21.3. The van der Waals surface area contributed by atoms with Gasteiger partial charge in [-0.2, -0.15) is 0 Å². The monoisotopic (exact) mass is 562 g/mol. The summed E-state index contributed by atoms with van der Waals surface area (Å²) < 4.78 is 2.68. The molecule has 43 heavy (non-hydrogen) atoms. The van der Waals surface area contributed by atoms with Gasteiger partial charge in [-0.15, -0.1) is 11.3 Å². The molecule has 0 aliphatic heterocycles. The molecule has 200 valence electrons. The van der Waals surface area contributed by atoms with Gasteiger partial charge in [0.2, 0.25) is 0 Å². The van der Waals surface area contributed by atoms with Gasteiger partial charge in [-0.05, 0) is 77.8 Å². The van der Waals surface area contributed by atoms with Crippen LogP contribution in [0.3, 0.4) is 0 Å². The van der Waals surface area contributed by atoms with E-state index in [1.807, 2.05) is 11.3 Å². The Kier molecular flexibility index (Phi) is 5.47. The Morgan fingerprint density at radius 1 is 0.302 bits per heavy atom. The minimum atomic E-state index is 1.24. The van der Waals surface area contributed by atoms with Crippen LogP contribution in [0.1, 0.15) is 0 Å². The highest BCUT2D eigenvalue weighted by Gasteiger charge is 2.17. The second kappa shape index (κ2) is 9.66. The zero-order valence-electron chi connectivity index (χ0n) is 23.4. The van der Waals surface area contributed by atoms with Crippen LogP contribution < -0.4 is 0 Å². The molecule has 0 fully saturated rings. The third kappa shape index (κ3) is 3.75. The lowest BCUT2D eigenvalue weighted by molar-refractivity contribution is 1.64. The Balaban J connectivity index is 1.27. The molecule has 0 nitrogen and oxygen atoms in total. The smallest absolute Gasteiger partial charge is 0.0362 e. The fourth-order valence-corrected chi connectivity index (χ4v) is 8.15. The molecule has 0 bridgehead atoms. The summed E-state index contributed by atoms with van der Waals surface area (Å²) in [6, 6.07) is 57.8. The van der Waals surface area contributed by atoms with Gasteiger partial charge in [-0.1, -0.05) is 146 Å². The number of benzene rings is 8. The van der Waals surface area contributed by atoms with Crippen LogP contribution in [0.4, 0.5) is 0 Å². The quantitative estimate of drug-likeness (QED) is 0.188. The van der Waals surface area contributed by atoms with Crippen molar-refractivity contribution in [1.82, 2.24) is 0 Å². The minimum absolute atomic E-state index is 1.24. The molecule has 1 heteroatoms. The van der Waals surface area contributed by atoms with Gasteiger partial charge in [-0.3, -0.25) is 0 Å². The van der Waals surface area contributed by atoms with E-state index in [2.05, 4.69) is 158 Å². The molecule has 8 aromatic carbocycles. The molecule has 0 aliphatic rings. The highest BCUT2D eigenvalue weighted by molar-refractivity contribution is 7.26. The first-order valence-electron chi connectivity index (χ1n) is 14.8. The lowest BCUT2D eigenvalue weighted by atomic mass is 9.85. The van der Waals surface area contributed by atoms with Gasteiger partial charge < -0.3 is 0 Å². The fraction of sp³-hybridized carbons (Fsp3) is 0. The molecule has 0 radical (unpaired) electrons. The van der Waals surface area contributed by atoms with Gasteiger partial charge in [0, 0.05) is 20.2 Å².